The molecule has 1 aromatic carbocycles. The maximum Gasteiger partial charge on any atom is 0.160 e. The van der Waals surface area contributed by atoms with Crippen molar-refractivity contribution in [2.75, 3.05) is 7.05 Å². The fraction of sp³-hybridized carbons (Fsp3) is 0.538. The molecule has 0 aromatic heterocycles. The molecule has 2 nitrogen and oxygen atoms in total. The van der Waals surface area contributed by atoms with Gasteiger partial charge in [0.25, 0.3) is 0 Å². The van der Waals surface area contributed by atoms with E-state index < -0.39 is 22.4 Å². The predicted molar refractivity (Wildman–Crippen MR) is 67.9 cm³/mol. The van der Waals surface area contributed by atoms with Crippen LogP contribution in [-0.2, 0) is 10.8 Å². The number of hydrogen-bond acceptors (Lipinski definition) is 2. The first-order valence-corrected chi connectivity index (χ1v) is 7.36. The Labute approximate surface area is 108 Å². The Morgan fingerprint density at radius 3 is 2.72 bits per heavy atom. The summed E-state index contributed by atoms with van der Waals surface area (Å²) in [6.45, 7) is 0. The molecule has 18 heavy (non-hydrogen) atoms. The van der Waals surface area contributed by atoms with Gasteiger partial charge >= 0.3 is 0 Å². The summed E-state index contributed by atoms with van der Waals surface area (Å²) in [6.07, 6.45) is 3.81. The molecule has 3 unspecified atom stereocenters. The highest BCUT2D eigenvalue weighted by atomic mass is 32.2. The van der Waals surface area contributed by atoms with Crippen LogP contribution in [0, 0.1) is 11.6 Å². The lowest BCUT2D eigenvalue weighted by Crippen LogP contribution is -2.35. The van der Waals surface area contributed by atoms with Crippen molar-refractivity contribution >= 4 is 10.8 Å². The lowest BCUT2D eigenvalue weighted by Gasteiger charge is -2.28. The Morgan fingerprint density at radius 1 is 1.28 bits per heavy atom. The van der Waals surface area contributed by atoms with Gasteiger partial charge in [-0.05, 0) is 44.5 Å². The summed E-state index contributed by atoms with van der Waals surface area (Å²) in [4.78, 5) is 0.385. The first-order chi connectivity index (χ1) is 8.61. The Balaban J connectivity index is 2.12. The molecule has 100 valence electrons. The van der Waals surface area contributed by atoms with Gasteiger partial charge < -0.3 is 5.32 Å². The summed E-state index contributed by atoms with van der Waals surface area (Å²) in [5.41, 5.74) is 0. The van der Waals surface area contributed by atoms with Crippen LogP contribution in [0.5, 0.6) is 0 Å². The molecule has 1 N–H and O–H groups in total. The van der Waals surface area contributed by atoms with Crippen LogP contribution in [0.1, 0.15) is 25.7 Å². The van der Waals surface area contributed by atoms with Crippen LogP contribution in [-0.4, -0.2) is 22.5 Å². The van der Waals surface area contributed by atoms with Crippen molar-refractivity contribution in [2.45, 2.75) is 41.9 Å². The Hall–Kier alpha value is -0.810. The molecular formula is C13H17F2NOS. The van der Waals surface area contributed by atoms with Crippen molar-refractivity contribution < 1.29 is 13.0 Å². The van der Waals surface area contributed by atoms with E-state index in [1.165, 1.54) is 6.07 Å². The molecule has 0 saturated heterocycles. The van der Waals surface area contributed by atoms with Gasteiger partial charge in [-0.25, -0.2) is 8.78 Å². The van der Waals surface area contributed by atoms with Gasteiger partial charge in [0, 0.05) is 16.2 Å². The summed E-state index contributed by atoms with van der Waals surface area (Å²) in [5, 5.41) is 3.22. The zero-order valence-corrected chi connectivity index (χ0v) is 11.1. The molecule has 5 heteroatoms. The number of benzene rings is 1. The summed E-state index contributed by atoms with van der Waals surface area (Å²) in [7, 11) is 0.639. The van der Waals surface area contributed by atoms with Gasteiger partial charge in [0.2, 0.25) is 0 Å². The number of hydrogen-bond donors (Lipinski definition) is 1. The lowest BCUT2D eigenvalue weighted by molar-refractivity contribution is 0.397. The molecular weight excluding hydrogens is 256 g/mol. The average molecular weight is 273 g/mol. The first-order valence-electron chi connectivity index (χ1n) is 6.14. The Morgan fingerprint density at radius 2 is 2.06 bits per heavy atom. The lowest BCUT2D eigenvalue weighted by atomic mass is 9.95. The average Bonchev–Trinajstić information content (AvgIpc) is 2.41. The van der Waals surface area contributed by atoms with Crippen molar-refractivity contribution in [3.63, 3.8) is 0 Å². The molecule has 0 aliphatic heterocycles. The van der Waals surface area contributed by atoms with Crippen molar-refractivity contribution in [1.29, 1.82) is 0 Å². The molecule has 1 aliphatic carbocycles. The van der Waals surface area contributed by atoms with Crippen LogP contribution in [0.25, 0.3) is 0 Å². The van der Waals surface area contributed by atoms with E-state index in [4.69, 9.17) is 0 Å². The smallest absolute Gasteiger partial charge is 0.160 e. The predicted octanol–water partition coefficient (Wildman–Crippen LogP) is 2.60. The monoisotopic (exact) mass is 273 g/mol. The fourth-order valence-corrected chi connectivity index (χ4v) is 3.99. The minimum Gasteiger partial charge on any atom is -0.317 e. The zero-order chi connectivity index (χ0) is 13.1. The molecule has 1 aliphatic rings. The molecule has 0 bridgehead atoms. The van der Waals surface area contributed by atoms with Crippen molar-refractivity contribution in [2.24, 2.45) is 0 Å². The van der Waals surface area contributed by atoms with Crippen LogP contribution < -0.4 is 5.32 Å². The van der Waals surface area contributed by atoms with Crippen LogP contribution in [0.15, 0.2) is 23.1 Å². The molecule has 0 heterocycles. The minimum atomic E-state index is -1.26. The van der Waals surface area contributed by atoms with Crippen LogP contribution in [0.3, 0.4) is 0 Å². The van der Waals surface area contributed by atoms with E-state index >= 15 is 0 Å². The third kappa shape index (κ3) is 2.95. The van der Waals surface area contributed by atoms with Gasteiger partial charge in [0.1, 0.15) is 0 Å². The maximum atomic E-state index is 13.1. The highest BCUT2D eigenvalue weighted by Gasteiger charge is 2.26. The highest BCUT2D eigenvalue weighted by Crippen LogP contribution is 2.26. The summed E-state index contributed by atoms with van der Waals surface area (Å²) in [5.74, 6) is -1.82. The zero-order valence-electron chi connectivity index (χ0n) is 10.3. The second-order valence-corrected chi connectivity index (χ2v) is 6.38. The van der Waals surface area contributed by atoms with E-state index in [9.17, 15) is 13.0 Å². The quantitative estimate of drug-likeness (QED) is 0.917. The van der Waals surface area contributed by atoms with Gasteiger partial charge in [0.05, 0.1) is 10.8 Å². The molecule has 3 atom stereocenters. The molecule has 0 spiro atoms. The standard InChI is InChI=1S/C13H17F2NOS/c1-16-9-3-2-4-10(7-9)18(17)11-5-6-12(14)13(15)8-11/h5-6,8-10,16H,2-4,7H2,1H3. The van der Waals surface area contributed by atoms with E-state index in [0.717, 1.165) is 37.8 Å². The number of nitrogens with one attached hydrogen (secondary N) is 1. The topological polar surface area (TPSA) is 29.1 Å². The van der Waals surface area contributed by atoms with E-state index in [2.05, 4.69) is 5.32 Å². The van der Waals surface area contributed by atoms with Gasteiger partial charge in [-0.2, -0.15) is 0 Å². The fourth-order valence-electron chi connectivity index (χ4n) is 2.40. The van der Waals surface area contributed by atoms with Gasteiger partial charge in [0.15, 0.2) is 11.6 Å². The minimum absolute atomic E-state index is 0.0288. The van der Waals surface area contributed by atoms with E-state index in [1.54, 1.807) is 0 Å². The van der Waals surface area contributed by atoms with Crippen LogP contribution in [0.4, 0.5) is 8.78 Å². The molecule has 1 fully saturated rings. The summed E-state index contributed by atoms with van der Waals surface area (Å²) < 4.78 is 38.3. The molecule has 0 amide bonds. The summed E-state index contributed by atoms with van der Waals surface area (Å²) in [6, 6.07) is 3.88. The van der Waals surface area contributed by atoms with Crippen LogP contribution >= 0.6 is 0 Å². The molecule has 0 radical (unpaired) electrons. The highest BCUT2D eigenvalue weighted by molar-refractivity contribution is 7.85. The molecule has 2 rings (SSSR count). The van der Waals surface area contributed by atoms with Crippen molar-refractivity contribution in [3.8, 4) is 0 Å². The number of halogens is 2. The van der Waals surface area contributed by atoms with Crippen LogP contribution in [0.2, 0.25) is 0 Å². The number of rotatable bonds is 3. The second-order valence-electron chi connectivity index (χ2n) is 4.65. The maximum absolute atomic E-state index is 13.1. The normalized spacial score (nSPS) is 25.9. The Kier molecular flexibility index (Phi) is 4.45. The van der Waals surface area contributed by atoms with E-state index in [1.807, 2.05) is 7.05 Å². The third-order valence-electron chi connectivity index (χ3n) is 3.46. The second kappa shape index (κ2) is 5.89. The van der Waals surface area contributed by atoms with E-state index in [-0.39, 0.29) is 5.25 Å². The first kappa shape index (κ1) is 13.6. The Bertz CT molecular complexity index is 453. The van der Waals surface area contributed by atoms with Gasteiger partial charge in [-0.1, -0.05) is 6.42 Å². The molecule has 1 saturated carbocycles. The SMILES string of the molecule is CNC1CCCC(S(=O)c2ccc(F)c(F)c2)C1. The largest absolute Gasteiger partial charge is 0.317 e. The van der Waals surface area contributed by atoms with Crippen molar-refractivity contribution in [3.05, 3.63) is 29.8 Å². The van der Waals surface area contributed by atoms with Gasteiger partial charge in [-0.3, -0.25) is 4.21 Å². The van der Waals surface area contributed by atoms with Crippen molar-refractivity contribution in [1.82, 2.24) is 5.32 Å². The summed E-state index contributed by atoms with van der Waals surface area (Å²) >= 11 is 0. The van der Waals surface area contributed by atoms with E-state index in [0.29, 0.717) is 10.9 Å². The molecule has 1 aromatic rings. The third-order valence-corrected chi connectivity index (χ3v) is 5.21. The van der Waals surface area contributed by atoms with Gasteiger partial charge in [-0.15, -0.1) is 0 Å².